The smallest absolute Gasteiger partial charge is 0.462 e. The quantitative estimate of drug-likeness (QED) is 0.314. The van der Waals surface area contributed by atoms with Crippen molar-refractivity contribution in [2.24, 2.45) is 0 Å². The van der Waals surface area contributed by atoms with E-state index in [0.29, 0.717) is 0 Å². The molecule has 0 aromatic carbocycles. The van der Waals surface area contributed by atoms with Crippen LogP contribution in [-0.2, 0) is 35.0 Å². The molecule has 202 valence electrons. The SMILES string of the molecule is CC(C)(C)OC(=O)Nc1ccn(CC2OC(COC(=O)CCl)C(OC(=O)OC(C)(C)C)C2F)c(=O)n1. The summed E-state index contributed by atoms with van der Waals surface area (Å²) in [6.45, 7) is 9.10. The second-order valence-corrected chi connectivity index (χ2v) is 10.2. The van der Waals surface area contributed by atoms with Crippen molar-refractivity contribution in [2.75, 3.05) is 17.8 Å². The highest BCUT2D eigenvalue weighted by molar-refractivity contribution is 6.26. The number of nitrogens with one attached hydrogen (secondary N) is 1. The molecule has 2 heterocycles. The van der Waals surface area contributed by atoms with Crippen LogP contribution in [0.5, 0.6) is 0 Å². The van der Waals surface area contributed by atoms with Crippen molar-refractivity contribution in [3.63, 3.8) is 0 Å². The van der Waals surface area contributed by atoms with Crippen molar-refractivity contribution in [3.8, 4) is 0 Å². The first-order valence-electron chi connectivity index (χ1n) is 11.1. The first kappa shape index (κ1) is 29.3. The van der Waals surface area contributed by atoms with Crippen molar-refractivity contribution in [3.05, 3.63) is 22.7 Å². The Morgan fingerprint density at radius 3 is 2.33 bits per heavy atom. The van der Waals surface area contributed by atoms with Crippen LogP contribution in [0.2, 0.25) is 0 Å². The zero-order valence-electron chi connectivity index (χ0n) is 20.9. The lowest BCUT2D eigenvalue weighted by molar-refractivity contribution is -0.146. The van der Waals surface area contributed by atoms with Crippen LogP contribution in [0.4, 0.5) is 19.8 Å². The second kappa shape index (κ2) is 11.9. The molecule has 0 spiro atoms. The highest BCUT2D eigenvalue weighted by Gasteiger charge is 2.49. The van der Waals surface area contributed by atoms with Crippen molar-refractivity contribution in [2.45, 2.75) is 83.8 Å². The Morgan fingerprint density at radius 1 is 1.14 bits per heavy atom. The minimum absolute atomic E-state index is 0.0633. The molecule has 4 atom stereocenters. The molecule has 14 heteroatoms. The van der Waals surface area contributed by atoms with Crippen LogP contribution < -0.4 is 11.0 Å². The van der Waals surface area contributed by atoms with Gasteiger partial charge in [0.05, 0.1) is 6.54 Å². The van der Waals surface area contributed by atoms with Gasteiger partial charge >= 0.3 is 23.9 Å². The first-order chi connectivity index (χ1) is 16.6. The number of halogens is 2. The number of ether oxygens (including phenoxy) is 5. The predicted molar refractivity (Wildman–Crippen MR) is 125 cm³/mol. The average Bonchev–Trinajstić information content (AvgIpc) is 3.00. The second-order valence-electron chi connectivity index (χ2n) is 9.90. The number of esters is 1. The third kappa shape index (κ3) is 9.26. The summed E-state index contributed by atoms with van der Waals surface area (Å²) < 4.78 is 42.2. The molecule has 4 unspecified atom stereocenters. The fourth-order valence-electron chi connectivity index (χ4n) is 3.05. The molecule has 1 fully saturated rings. The molecule has 1 amide bonds. The number of carbonyl (C=O) groups is 3. The van der Waals surface area contributed by atoms with E-state index in [1.54, 1.807) is 41.5 Å². The molecule has 0 saturated carbocycles. The lowest BCUT2D eigenvalue weighted by Crippen LogP contribution is -2.39. The summed E-state index contributed by atoms with van der Waals surface area (Å²) in [5, 5.41) is 2.33. The number of aromatic nitrogens is 2. The number of amides is 1. The Hall–Kier alpha value is -2.93. The topological polar surface area (TPSA) is 144 Å². The molecular formula is C22H31ClFN3O9. The van der Waals surface area contributed by atoms with E-state index in [0.717, 1.165) is 4.57 Å². The van der Waals surface area contributed by atoms with Gasteiger partial charge in [0.1, 0.15) is 41.7 Å². The van der Waals surface area contributed by atoms with Crippen LogP contribution in [0.3, 0.4) is 0 Å². The standard InChI is InChI=1S/C22H31ClFN3O9/c1-21(2,3)35-19(30)26-14-7-8-27(18(29)25-14)10-12-16(24)17(34-20(31)36-22(4,5)6)13(33-12)11-32-15(28)9-23/h7-8,12-13,16-17H,9-11H2,1-6H3,(H,25,26,29,30). The molecule has 1 aromatic heterocycles. The lowest BCUT2D eigenvalue weighted by atomic mass is 10.1. The predicted octanol–water partition coefficient (Wildman–Crippen LogP) is 2.80. The lowest BCUT2D eigenvalue weighted by Gasteiger charge is -2.23. The van der Waals surface area contributed by atoms with Gasteiger partial charge in [0.2, 0.25) is 0 Å². The van der Waals surface area contributed by atoms with E-state index in [1.807, 2.05) is 0 Å². The minimum atomic E-state index is -1.90. The van der Waals surface area contributed by atoms with Gasteiger partial charge in [-0.05, 0) is 47.6 Å². The summed E-state index contributed by atoms with van der Waals surface area (Å²) >= 11 is 5.41. The Bertz CT molecular complexity index is 1010. The van der Waals surface area contributed by atoms with Gasteiger partial charge in [0, 0.05) is 6.20 Å². The highest BCUT2D eigenvalue weighted by atomic mass is 35.5. The van der Waals surface area contributed by atoms with E-state index in [-0.39, 0.29) is 12.4 Å². The summed E-state index contributed by atoms with van der Waals surface area (Å²) in [6.07, 6.45) is -6.48. The molecule has 1 aliphatic heterocycles. The third-order valence-electron chi connectivity index (χ3n) is 4.40. The molecule has 1 aromatic rings. The zero-order chi connectivity index (χ0) is 27.3. The van der Waals surface area contributed by atoms with Crippen LogP contribution in [-0.4, -0.2) is 75.9 Å². The normalized spacial score (nSPS) is 22.0. The summed E-state index contributed by atoms with van der Waals surface area (Å²) in [5.74, 6) is -1.27. The summed E-state index contributed by atoms with van der Waals surface area (Å²) in [5.41, 5.74) is -2.45. The molecule has 12 nitrogen and oxygen atoms in total. The van der Waals surface area contributed by atoms with Crippen molar-refractivity contribution >= 4 is 35.6 Å². The average molecular weight is 536 g/mol. The number of carbonyl (C=O) groups excluding carboxylic acids is 3. The summed E-state index contributed by atoms with van der Waals surface area (Å²) in [6, 6.07) is 1.32. The summed E-state index contributed by atoms with van der Waals surface area (Å²) in [7, 11) is 0. The molecule has 1 aliphatic rings. The van der Waals surface area contributed by atoms with Crippen LogP contribution >= 0.6 is 11.6 Å². The molecule has 1 N–H and O–H groups in total. The fourth-order valence-corrected chi connectivity index (χ4v) is 3.13. The molecule has 0 bridgehead atoms. The van der Waals surface area contributed by atoms with Gasteiger partial charge in [-0.2, -0.15) is 4.98 Å². The Kier molecular flexibility index (Phi) is 9.66. The number of rotatable bonds is 7. The molecule has 2 rings (SSSR count). The van der Waals surface area contributed by atoms with Crippen molar-refractivity contribution in [1.82, 2.24) is 9.55 Å². The first-order valence-corrected chi connectivity index (χ1v) is 11.6. The van der Waals surface area contributed by atoms with E-state index in [1.165, 1.54) is 12.3 Å². The van der Waals surface area contributed by atoms with Gasteiger partial charge in [0.15, 0.2) is 12.3 Å². The fraction of sp³-hybridized carbons (Fsp3) is 0.682. The molecule has 0 radical (unpaired) electrons. The molecular weight excluding hydrogens is 505 g/mol. The van der Waals surface area contributed by atoms with Crippen LogP contribution in [0, 0.1) is 0 Å². The number of alkyl halides is 2. The number of nitrogens with zero attached hydrogens (tertiary/aromatic N) is 2. The van der Waals surface area contributed by atoms with Crippen LogP contribution in [0.1, 0.15) is 41.5 Å². The maximum atomic E-state index is 15.3. The Morgan fingerprint density at radius 2 is 1.78 bits per heavy atom. The maximum absolute atomic E-state index is 15.3. The van der Waals surface area contributed by atoms with Gasteiger partial charge < -0.3 is 23.7 Å². The van der Waals surface area contributed by atoms with Gasteiger partial charge in [-0.25, -0.2) is 18.8 Å². The molecule has 1 saturated heterocycles. The van der Waals surface area contributed by atoms with E-state index in [2.05, 4.69) is 10.3 Å². The number of hydrogen-bond acceptors (Lipinski definition) is 10. The van der Waals surface area contributed by atoms with E-state index >= 15 is 4.39 Å². The number of hydrogen-bond donors (Lipinski definition) is 1. The van der Waals surface area contributed by atoms with Gasteiger partial charge in [0.25, 0.3) is 0 Å². The van der Waals surface area contributed by atoms with E-state index in [4.69, 9.17) is 35.3 Å². The van der Waals surface area contributed by atoms with Crippen molar-refractivity contribution < 1.29 is 42.5 Å². The van der Waals surface area contributed by atoms with Crippen molar-refractivity contribution in [1.29, 1.82) is 0 Å². The third-order valence-corrected chi connectivity index (χ3v) is 4.62. The molecule has 36 heavy (non-hydrogen) atoms. The molecule has 0 aliphatic carbocycles. The largest absolute Gasteiger partial charge is 0.509 e. The van der Waals surface area contributed by atoms with Gasteiger partial charge in [-0.15, -0.1) is 11.6 Å². The maximum Gasteiger partial charge on any atom is 0.509 e. The Labute approximate surface area is 212 Å². The van der Waals surface area contributed by atoms with E-state index in [9.17, 15) is 19.2 Å². The summed E-state index contributed by atoms with van der Waals surface area (Å²) in [4.78, 5) is 51.6. The van der Waals surface area contributed by atoms with Gasteiger partial charge in [-0.1, -0.05) is 0 Å². The minimum Gasteiger partial charge on any atom is -0.462 e. The monoisotopic (exact) mass is 535 g/mol. The van der Waals surface area contributed by atoms with Gasteiger partial charge in [-0.3, -0.25) is 14.7 Å². The van der Waals surface area contributed by atoms with Crippen LogP contribution in [0.25, 0.3) is 0 Å². The highest BCUT2D eigenvalue weighted by Crippen LogP contribution is 2.29. The van der Waals surface area contributed by atoms with E-state index < -0.39 is 72.1 Å². The number of anilines is 1. The zero-order valence-corrected chi connectivity index (χ0v) is 21.7. The van der Waals surface area contributed by atoms with Crippen LogP contribution in [0.15, 0.2) is 17.1 Å². The Balaban J connectivity index is 2.13.